The number of ether oxygens (including phenoxy) is 3. The van der Waals surface area contributed by atoms with Gasteiger partial charge in [-0.25, -0.2) is 4.79 Å². The van der Waals surface area contributed by atoms with Crippen LogP contribution in [0.15, 0.2) is 36.4 Å². The third-order valence-electron chi connectivity index (χ3n) is 3.34. The Balaban J connectivity index is 2.19. The maximum atomic E-state index is 11.4. The van der Waals surface area contributed by atoms with E-state index in [4.69, 9.17) is 49.0 Å². The lowest BCUT2D eigenvalue weighted by atomic mass is 10.2. The van der Waals surface area contributed by atoms with Crippen LogP contribution in [0.1, 0.15) is 18.1 Å². The Bertz CT molecular complexity index is 819. The zero-order valence-electron chi connectivity index (χ0n) is 14.2. The van der Waals surface area contributed by atoms with Crippen molar-refractivity contribution in [2.75, 3.05) is 13.7 Å². The number of methoxy groups -OCH3 is 1. The number of hydrogen-bond donors (Lipinski definition) is 0. The second kappa shape index (κ2) is 9.72. The standard InChI is InChI=1S/C19H17Cl3O4/c1-3-25-18(23)7-4-12-8-16(22)19(17(9-12)24-2)26-11-13-5-6-14(20)10-15(13)21/h4-10H,3,11H2,1-2H3/b7-4+. The first kappa shape index (κ1) is 20.4. The van der Waals surface area contributed by atoms with Gasteiger partial charge in [0.2, 0.25) is 0 Å². The molecule has 26 heavy (non-hydrogen) atoms. The van der Waals surface area contributed by atoms with Crippen molar-refractivity contribution >= 4 is 46.8 Å². The Morgan fingerprint density at radius 2 is 1.88 bits per heavy atom. The predicted molar refractivity (Wildman–Crippen MR) is 104 cm³/mol. The van der Waals surface area contributed by atoms with Gasteiger partial charge in [0.25, 0.3) is 0 Å². The summed E-state index contributed by atoms with van der Waals surface area (Å²) in [5, 5.41) is 1.40. The lowest BCUT2D eigenvalue weighted by Gasteiger charge is -2.14. The molecule has 0 aliphatic heterocycles. The first-order chi connectivity index (χ1) is 12.4. The van der Waals surface area contributed by atoms with Gasteiger partial charge in [0, 0.05) is 21.7 Å². The normalized spacial score (nSPS) is 10.8. The molecule has 0 heterocycles. The summed E-state index contributed by atoms with van der Waals surface area (Å²) in [6.07, 6.45) is 2.91. The van der Waals surface area contributed by atoms with E-state index in [0.29, 0.717) is 38.7 Å². The van der Waals surface area contributed by atoms with Gasteiger partial charge in [0.05, 0.1) is 18.7 Å². The van der Waals surface area contributed by atoms with Gasteiger partial charge in [-0.2, -0.15) is 0 Å². The minimum atomic E-state index is -0.430. The highest BCUT2D eigenvalue weighted by atomic mass is 35.5. The van der Waals surface area contributed by atoms with Gasteiger partial charge in [-0.15, -0.1) is 0 Å². The highest BCUT2D eigenvalue weighted by Crippen LogP contribution is 2.37. The highest BCUT2D eigenvalue weighted by Gasteiger charge is 2.13. The Labute approximate surface area is 167 Å². The molecule has 2 aromatic rings. The van der Waals surface area contributed by atoms with Crippen LogP contribution in [-0.4, -0.2) is 19.7 Å². The smallest absolute Gasteiger partial charge is 0.330 e. The van der Waals surface area contributed by atoms with Gasteiger partial charge in [-0.3, -0.25) is 0 Å². The van der Waals surface area contributed by atoms with Crippen molar-refractivity contribution in [1.29, 1.82) is 0 Å². The molecule has 0 fully saturated rings. The first-order valence-electron chi connectivity index (χ1n) is 7.73. The van der Waals surface area contributed by atoms with E-state index >= 15 is 0 Å². The van der Waals surface area contributed by atoms with Crippen LogP contribution in [0.5, 0.6) is 11.5 Å². The molecule has 138 valence electrons. The summed E-state index contributed by atoms with van der Waals surface area (Å²) < 4.78 is 16.0. The number of hydrogen-bond acceptors (Lipinski definition) is 4. The van der Waals surface area contributed by atoms with Gasteiger partial charge >= 0.3 is 5.97 Å². The van der Waals surface area contributed by atoms with Crippen molar-refractivity contribution in [1.82, 2.24) is 0 Å². The second-order valence-electron chi connectivity index (χ2n) is 5.14. The molecule has 4 nitrogen and oxygen atoms in total. The van der Waals surface area contributed by atoms with E-state index in [9.17, 15) is 4.79 Å². The summed E-state index contributed by atoms with van der Waals surface area (Å²) in [7, 11) is 1.51. The fraction of sp³-hybridized carbons (Fsp3) is 0.211. The van der Waals surface area contributed by atoms with E-state index in [1.807, 2.05) is 0 Å². The fourth-order valence-electron chi connectivity index (χ4n) is 2.12. The molecule has 0 aliphatic rings. The van der Waals surface area contributed by atoms with E-state index in [1.165, 1.54) is 13.2 Å². The van der Waals surface area contributed by atoms with Crippen LogP contribution in [-0.2, 0) is 16.1 Å². The van der Waals surface area contributed by atoms with E-state index < -0.39 is 5.97 Å². The summed E-state index contributed by atoms with van der Waals surface area (Å²) in [5.41, 5.74) is 1.44. The monoisotopic (exact) mass is 414 g/mol. The van der Waals surface area contributed by atoms with Gasteiger partial charge in [-0.05, 0) is 42.8 Å². The molecule has 0 amide bonds. The Kier molecular flexibility index (Phi) is 7.64. The number of halogens is 3. The van der Waals surface area contributed by atoms with Crippen molar-refractivity contribution in [3.8, 4) is 11.5 Å². The van der Waals surface area contributed by atoms with Gasteiger partial charge < -0.3 is 14.2 Å². The Morgan fingerprint density at radius 3 is 2.54 bits per heavy atom. The molecule has 0 radical (unpaired) electrons. The van der Waals surface area contributed by atoms with Gasteiger partial charge in [-0.1, -0.05) is 40.9 Å². The summed E-state index contributed by atoms with van der Waals surface area (Å²) in [4.78, 5) is 11.4. The molecule has 0 unspecified atom stereocenters. The maximum Gasteiger partial charge on any atom is 0.330 e. The summed E-state index contributed by atoms with van der Waals surface area (Å²) >= 11 is 18.4. The number of rotatable bonds is 7. The molecule has 2 rings (SSSR count). The second-order valence-corrected chi connectivity index (χ2v) is 6.39. The highest BCUT2D eigenvalue weighted by molar-refractivity contribution is 6.35. The molecule has 0 saturated heterocycles. The lowest BCUT2D eigenvalue weighted by molar-refractivity contribution is -0.137. The van der Waals surface area contributed by atoms with Crippen molar-refractivity contribution in [2.24, 2.45) is 0 Å². The zero-order valence-corrected chi connectivity index (χ0v) is 16.5. The molecule has 0 spiro atoms. The SMILES string of the molecule is CCOC(=O)/C=C/c1cc(Cl)c(OCc2ccc(Cl)cc2Cl)c(OC)c1. The topological polar surface area (TPSA) is 44.8 Å². The number of benzene rings is 2. The third kappa shape index (κ3) is 5.56. The van der Waals surface area contributed by atoms with Crippen LogP contribution in [0.3, 0.4) is 0 Å². The minimum absolute atomic E-state index is 0.199. The largest absolute Gasteiger partial charge is 0.493 e. The Hall–Kier alpha value is -1.88. The van der Waals surface area contributed by atoms with Crippen molar-refractivity contribution < 1.29 is 19.0 Å². The average Bonchev–Trinajstić information content (AvgIpc) is 2.60. The molecule has 0 atom stereocenters. The van der Waals surface area contributed by atoms with Crippen LogP contribution in [0, 0.1) is 0 Å². The number of carbonyl (C=O) groups excluding carboxylic acids is 1. The molecule has 0 bridgehead atoms. The van der Waals surface area contributed by atoms with E-state index in [0.717, 1.165) is 5.56 Å². The molecular formula is C19H17Cl3O4. The van der Waals surface area contributed by atoms with Crippen LogP contribution in [0.2, 0.25) is 15.1 Å². The zero-order chi connectivity index (χ0) is 19.1. The summed E-state index contributed by atoms with van der Waals surface area (Å²) in [5.74, 6) is 0.389. The van der Waals surface area contributed by atoms with Crippen LogP contribution >= 0.6 is 34.8 Å². The molecule has 0 aromatic heterocycles. The minimum Gasteiger partial charge on any atom is -0.493 e. The third-order valence-corrected chi connectivity index (χ3v) is 4.21. The van der Waals surface area contributed by atoms with Crippen molar-refractivity contribution in [3.63, 3.8) is 0 Å². The number of carbonyl (C=O) groups is 1. The predicted octanol–water partition coefficient (Wildman–Crippen LogP) is 5.81. The molecular weight excluding hydrogens is 399 g/mol. The van der Waals surface area contributed by atoms with Gasteiger partial charge in [0.1, 0.15) is 6.61 Å². The molecule has 0 saturated carbocycles. The van der Waals surface area contributed by atoms with Gasteiger partial charge in [0.15, 0.2) is 11.5 Å². The van der Waals surface area contributed by atoms with Crippen LogP contribution in [0.4, 0.5) is 0 Å². The molecule has 0 aliphatic carbocycles. The summed E-state index contributed by atoms with van der Waals surface area (Å²) in [6, 6.07) is 8.53. The fourth-order valence-corrected chi connectivity index (χ4v) is 2.86. The van der Waals surface area contributed by atoms with Crippen LogP contribution in [0.25, 0.3) is 6.08 Å². The summed E-state index contributed by atoms with van der Waals surface area (Å²) in [6.45, 7) is 2.25. The number of esters is 1. The molecule has 7 heteroatoms. The van der Waals surface area contributed by atoms with E-state index in [2.05, 4.69) is 0 Å². The van der Waals surface area contributed by atoms with E-state index in [-0.39, 0.29) is 6.61 Å². The molecule has 0 N–H and O–H groups in total. The van der Waals surface area contributed by atoms with Crippen molar-refractivity contribution in [2.45, 2.75) is 13.5 Å². The Morgan fingerprint density at radius 1 is 1.12 bits per heavy atom. The molecule has 2 aromatic carbocycles. The van der Waals surface area contributed by atoms with Crippen molar-refractivity contribution in [3.05, 3.63) is 62.6 Å². The quantitative estimate of drug-likeness (QED) is 0.423. The van der Waals surface area contributed by atoms with Crippen LogP contribution < -0.4 is 9.47 Å². The maximum absolute atomic E-state index is 11.4. The van der Waals surface area contributed by atoms with E-state index in [1.54, 1.807) is 43.3 Å². The first-order valence-corrected chi connectivity index (χ1v) is 8.87. The average molecular weight is 416 g/mol. The lowest BCUT2D eigenvalue weighted by Crippen LogP contribution is -2.00.